The largest absolute Gasteiger partial charge is 0.529 e. The van der Waals surface area contributed by atoms with Crippen molar-refractivity contribution in [2.45, 2.75) is 44.6 Å². The first-order valence-corrected chi connectivity index (χ1v) is 9.12. The Bertz CT molecular complexity index is 413. The molecule has 2 aliphatic heterocycles. The van der Waals surface area contributed by atoms with E-state index in [0.717, 1.165) is 44.4 Å². The SMILES string of the molecule is CN1CCC2CCC(OP3(=O)OCCCCCO3)=CC21. The number of phosphoric ester groups is 1. The smallest absolute Gasteiger partial charge is 0.409 e. The summed E-state index contributed by atoms with van der Waals surface area (Å²) in [6.07, 6.45) is 8.19. The zero-order chi connectivity index (χ0) is 14.0. The molecular formula is C14H24NO4P. The van der Waals surface area contributed by atoms with Gasteiger partial charge in [0, 0.05) is 12.5 Å². The van der Waals surface area contributed by atoms with Crippen LogP contribution in [0, 0.1) is 5.92 Å². The lowest BCUT2D eigenvalue weighted by Crippen LogP contribution is -2.30. The summed E-state index contributed by atoms with van der Waals surface area (Å²) in [5, 5.41) is 0. The summed E-state index contributed by atoms with van der Waals surface area (Å²) in [4.78, 5) is 2.34. The highest BCUT2D eigenvalue weighted by atomic mass is 31.2. The number of hydrogen-bond donors (Lipinski definition) is 0. The van der Waals surface area contributed by atoms with E-state index in [-0.39, 0.29) is 0 Å². The quantitative estimate of drug-likeness (QED) is 0.732. The predicted octanol–water partition coefficient (Wildman–Crippen LogP) is 3.33. The Morgan fingerprint density at radius 1 is 1.25 bits per heavy atom. The monoisotopic (exact) mass is 301 g/mol. The van der Waals surface area contributed by atoms with Gasteiger partial charge in [0.25, 0.3) is 0 Å². The first kappa shape index (κ1) is 14.6. The Labute approximate surface area is 120 Å². The molecule has 0 amide bonds. The van der Waals surface area contributed by atoms with Crippen LogP contribution in [-0.2, 0) is 18.1 Å². The van der Waals surface area contributed by atoms with Gasteiger partial charge >= 0.3 is 7.82 Å². The van der Waals surface area contributed by atoms with Crippen molar-refractivity contribution in [3.63, 3.8) is 0 Å². The van der Waals surface area contributed by atoms with E-state index in [2.05, 4.69) is 18.0 Å². The van der Waals surface area contributed by atoms with E-state index in [1.807, 2.05) is 0 Å². The van der Waals surface area contributed by atoms with E-state index in [1.54, 1.807) is 0 Å². The third-order valence-electron chi connectivity index (χ3n) is 4.48. The van der Waals surface area contributed by atoms with Gasteiger partial charge in [0.2, 0.25) is 0 Å². The average molecular weight is 301 g/mol. The molecule has 0 radical (unpaired) electrons. The van der Waals surface area contributed by atoms with Gasteiger partial charge in [-0.25, -0.2) is 4.57 Å². The summed E-state index contributed by atoms with van der Waals surface area (Å²) in [5.41, 5.74) is 0. The number of phosphoric acid groups is 1. The lowest BCUT2D eigenvalue weighted by Gasteiger charge is -2.29. The van der Waals surface area contributed by atoms with Crippen molar-refractivity contribution in [3.8, 4) is 0 Å². The lowest BCUT2D eigenvalue weighted by atomic mass is 9.89. The fourth-order valence-corrected chi connectivity index (χ4v) is 4.60. The van der Waals surface area contributed by atoms with Gasteiger partial charge in [-0.3, -0.25) is 13.9 Å². The van der Waals surface area contributed by atoms with Gasteiger partial charge in [-0.1, -0.05) is 0 Å². The van der Waals surface area contributed by atoms with E-state index in [1.165, 1.54) is 6.42 Å². The summed E-state index contributed by atoms with van der Waals surface area (Å²) < 4.78 is 28.9. The van der Waals surface area contributed by atoms with E-state index in [9.17, 15) is 4.57 Å². The van der Waals surface area contributed by atoms with Gasteiger partial charge in [0.05, 0.1) is 13.2 Å². The van der Waals surface area contributed by atoms with Gasteiger partial charge in [0.1, 0.15) is 5.76 Å². The maximum Gasteiger partial charge on any atom is 0.529 e. The van der Waals surface area contributed by atoms with Crippen molar-refractivity contribution in [1.82, 2.24) is 4.90 Å². The normalized spacial score (nSPS) is 34.8. The van der Waals surface area contributed by atoms with Gasteiger partial charge in [0.15, 0.2) is 0 Å². The molecule has 114 valence electrons. The summed E-state index contributed by atoms with van der Waals surface area (Å²) >= 11 is 0. The predicted molar refractivity (Wildman–Crippen MR) is 76.3 cm³/mol. The molecule has 2 atom stereocenters. The van der Waals surface area contributed by atoms with E-state index in [0.29, 0.717) is 25.2 Å². The van der Waals surface area contributed by atoms with Crippen molar-refractivity contribution in [3.05, 3.63) is 11.8 Å². The van der Waals surface area contributed by atoms with Crippen LogP contribution < -0.4 is 0 Å². The maximum atomic E-state index is 12.5. The highest BCUT2D eigenvalue weighted by Crippen LogP contribution is 2.53. The van der Waals surface area contributed by atoms with E-state index >= 15 is 0 Å². The summed E-state index contributed by atoms with van der Waals surface area (Å²) in [6, 6.07) is 0.417. The standard InChI is InChI=1S/C14H24NO4P/c1-15-8-7-12-5-6-13(11-14(12)15)19-20(16)17-9-3-2-4-10-18-20/h11-12,14H,2-10H2,1H3. The minimum atomic E-state index is -3.40. The summed E-state index contributed by atoms with van der Waals surface area (Å²) in [7, 11) is -1.26. The van der Waals surface area contributed by atoms with E-state index < -0.39 is 7.82 Å². The second kappa shape index (κ2) is 6.18. The molecule has 6 heteroatoms. The first-order valence-electron chi connectivity index (χ1n) is 7.66. The zero-order valence-electron chi connectivity index (χ0n) is 12.1. The summed E-state index contributed by atoms with van der Waals surface area (Å²) in [5.74, 6) is 1.50. The molecule has 1 aliphatic carbocycles. The number of hydrogen-bond acceptors (Lipinski definition) is 5. The molecule has 2 saturated heterocycles. The highest BCUT2D eigenvalue weighted by molar-refractivity contribution is 7.48. The number of likely N-dealkylation sites (tertiary alicyclic amines) is 1. The Kier molecular flexibility index (Phi) is 4.51. The molecule has 0 aromatic carbocycles. The van der Waals surface area contributed by atoms with Crippen molar-refractivity contribution in [2.24, 2.45) is 5.92 Å². The molecule has 0 aromatic heterocycles. The van der Waals surface area contributed by atoms with Crippen molar-refractivity contribution in [2.75, 3.05) is 26.8 Å². The minimum absolute atomic E-state index is 0.417. The van der Waals surface area contributed by atoms with Gasteiger partial charge in [-0.2, -0.15) is 0 Å². The van der Waals surface area contributed by atoms with E-state index in [4.69, 9.17) is 13.6 Å². The topological polar surface area (TPSA) is 48.0 Å². The van der Waals surface area contributed by atoms with Crippen molar-refractivity contribution >= 4 is 7.82 Å². The Hall–Kier alpha value is -0.350. The molecule has 0 N–H and O–H groups in total. The minimum Gasteiger partial charge on any atom is -0.409 e. The van der Waals surface area contributed by atoms with Gasteiger partial charge in [-0.05, 0) is 57.7 Å². The lowest BCUT2D eigenvalue weighted by molar-refractivity contribution is 0.113. The van der Waals surface area contributed by atoms with Crippen LogP contribution in [0.1, 0.15) is 38.5 Å². The van der Waals surface area contributed by atoms with Crippen molar-refractivity contribution in [1.29, 1.82) is 0 Å². The molecular weight excluding hydrogens is 277 g/mol. The Morgan fingerprint density at radius 2 is 2.00 bits per heavy atom. The zero-order valence-corrected chi connectivity index (χ0v) is 13.0. The number of likely N-dealkylation sites (N-methyl/N-ethyl adjacent to an activating group) is 1. The van der Waals surface area contributed by atoms with Crippen molar-refractivity contribution < 1.29 is 18.1 Å². The molecule has 0 spiro atoms. The van der Waals surface area contributed by atoms with Crippen LogP contribution in [-0.4, -0.2) is 37.7 Å². The molecule has 2 fully saturated rings. The number of fused-ring (bicyclic) bond motifs is 1. The molecule has 0 saturated carbocycles. The summed E-state index contributed by atoms with van der Waals surface area (Å²) in [6.45, 7) is 2.04. The third kappa shape index (κ3) is 3.28. The Balaban J connectivity index is 1.67. The fourth-order valence-electron chi connectivity index (χ4n) is 3.27. The first-order chi connectivity index (χ1) is 9.66. The molecule has 0 aromatic rings. The molecule has 3 aliphatic rings. The van der Waals surface area contributed by atoms with Crippen LogP contribution in [0.2, 0.25) is 0 Å². The van der Waals surface area contributed by atoms with Crippen LogP contribution in [0.25, 0.3) is 0 Å². The second-order valence-corrected chi connectivity index (χ2v) is 7.55. The third-order valence-corrected chi connectivity index (χ3v) is 5.93. The number of rotatable bonds is 2. The molecule has 3 rings (SSSR count). The molecule has 2 heterocycles. The maximum absolute atomic E-state index is 12.5. The number of allylic oxidation sites excluding steroid dienone is 1. The second-order valence-electron chi connectivity index (χ2n) is 5.96. The molecule has 2 unspecified atom stereocenters. The van der Waals surface area contributed by atoms with Crippen LogP contribution in [0.15, 0.2) is 11.8 Å². The van der Waals surface area contributed by atoms with Crippen LogP contribution in [0.4, 0.5) is 0 Å². The molecule has 20 heavy (non-hydrogen) atoms. The molecule has 5 nitrogen and oxygen atoms in total. The van der Waals surface area contributed by atoms with Crippen LogP contribution >= 0.6 is 7.82 Å². The highest BCUT2D eigenvalue weighted by Gasteiger charge is 2.36. The van der Waals surface area contributed by atoms with Crippen LogP contribution in [0.5, 0.6) is 0 Å². The van der Waals surface area contributed by atoms with Gasteiger partial charge < -0.3 is 4.52 Å². The number of nitrogens with zero attached hydrogens (tertiary/aromatic N) is 1. The van der Waals surface area contributed by atoms with Crippen LogP contribution in [0.3, 0.4) is 0 Å². The molecule has 0 bridgehead atoms. The Morgan fingerprint density at radius 3 is 2.75 bits per heavy atom. The fraction of sp³-hybridized carbons (Fsp3) is 0.857. The average Bonchev–Trinajstić information content (AvgIpc) is 2.77. The van der Waals surface area contributed by atoms with Gasteiger partial charge in [-0.15, -0.1) is 0 Å².